The van der Waals surface area contributed by atoms with Crippen LogP contribution < -0.4 is 11.1 Å². The fourth-order valence-corrected chi connectivity index (χ4v) is 6.93. The van der Waals surface area contributed by atoms with Crippen molar-refractivity contribution < 1.29 is 22.7 Å². The summed E-state index contributed by atoms with van der Waals surface area (Å²) in [5.41, 5.74) is 9.56. The third-order valence-corrected chi connectivity index (χ3v) is 9.67. The standard InChI is InChI=1S/C25H30BrClN4O5S2/c1-16(5-3-4-8-27)17(2)15-37-12-9-29-25(33)21-14-31(10-11-36-21)38(34,35)23-19-13-18(26)6-7-20(19)30-22(23)24(28)32/h3-8,13,21,30H,9-12,14-15H2,1-2H3,(H2,28,32)(H,29,33)/b5-3-,8-4+,17-16+. The first-order valence-corrected chi connectivity index (χ1v) is 15.6. The number of carbonyl (C=O) groups excluding carboxylic acids is 2. The first-order valence-electron chi connectivity index (χ1n) is 11.7. The number of carbonyl (C=O) groups is 2. The van der Waals surface area contributed by atoms with E-state index in [1.54, 1.807) is 36.0 Å². The number of primary amides is 1. The Labute approximate surface area is 240 Å². The number of aromatic amines is 1. The van der Waals surface area contributed by atoms with Gasteiger partial charge in [0.15, 0.2) is 0 Å². The molecule has 0 bridgehead atoms. The second-order valence-electron chi connectivity index (χ2n) is 8.59. The second-order valence-corrected chi connectivity index (χ2v) is 12.7. The molecular weight excluding hydrogens is 616 g/mol. The summed E-state index contributed by atoms with van der Waals surface area (Å²) in [5.74, 6) is 0.217. The Hall–Kier alpha value is -2.09. The number of sulfonamides is 1. The van der Waals surface area contributed by atoms with Crippen LogP contribution in [0.2, 0.25) is 0 Å². The molecule has 38 heavy (non-hydrogen) atoms. The van der Waals surface area contributed by atoms with Crippen LogP contribution in [0.15, 0.2) is 62.5 Å². The molecule has 4 N–H and O–H groups in total. The zero-order valence-corrected chi connectivity index (χ0v) is 25.0. The van der Waals surface area contributed by atoms with E-state index in [1.807, 2.05) is 19.1 Å². The van der Waals surface area contributed by atoms with Crippen LogP contribution in [0.5, 0.6) is 0 Å². The molecule has 13 heteroatoms. The number of allylic oxidation sites excluding steroid dienone is 4. The molecule has 2 amide bonds. The van der Waals surface area contributed by atoms with E-state index in [2.05, 4.69) is 33.2 Å². The fraction of sp³-hybridized carbons (Fsp3) is 0.360. The molecule has 0 saturated carbocycles. The predicted molar refractivity (Wildman–Crippen MR) is 156 cm³/mol. The lowest BCUT2D eigenvalue weighted by Crippen LogP contribution is -2.51. The van der Waals surface area contributed by atoms with E-state index in [9.17, 15) is 18.0 Å². The van der Waals surface area contributed by atoms with Crippen molar-refractivity contribution in [3.05, 3.63) is 63.3 Å². The van der Waals surface area contributed by atoms with Crippen LogP contribution in [0.25, 0.3) is 10.9 Å². The van der Waals surface area contributed by atoms with Gasteiger partial charge in [0.2, 0.25) is 10.0 Å². The van der Waals surface area contributed by atoms with Crippen molar-refractivity contribution >= 4 is 72.0 Å². The molecule has 0 radical (unpaired) electrons. The largest absolute Gasteiger partial charge is 0.366 e. The summed E-state index contributed by atoms with van der Waals surface area (Å²) in [6.45, 7) is 4.40. The number of ether oxygens (including phenoxy) is 1. The summed E-state index contributed by atoms with van der Waals surface area (Å²) >= 11 is 10.5. The molecule has 0 spiro atoms. The molecule has 1 unspecified atom stereocenters. The molecule has 2 aromatic rings. The molecule has 1 saturated heterocycles. The number of morpholine rings is 1. The van der Waals surface area contributed by atoms with Gasteiger partial charge >= 0.3 is 0 Å². The molecule has 1 fully saturated rings. The van der Waals surface area contributed by atoms with E-state index < -0.39 is 22.0 Å². The number of nitrogens with two attached hydrogens (primary N) is 1. The Bertz CT molecular complexity index is 1390. The van der Waals surface area contributed by atoms with Crippen LogP contribution in [0.1, 0.15) is 24.3 Å². The fourth-order valence-electron chi connectivity index (χ4n) is 3.80. The van der Waals surface area contributed by atoms with Gasteiger partial charge in [-0.1, -0.05) is 56.9 Å². The number of thioether (sulfide) groups is 1. The molecule has 1 aliphatic heterocycles. The number of amides is 2. The summed E-state index contributed by atoms with van der Waals surface area (Å²) in [5, 5.41) is 3.16. The summed E-state index contributed by atoms with van der Waals surface area (Å²) < 4.78 is 34.7. The molecule has 1 aromatic carbocycles. The highest BCUT2D eigenvalue weighted by Gasteiger charge is 2.37. The van der Waals surface area contributed by atoms with E-state index in [4.69, 9.17) is 22.1 Å². The Kier molecular flexibility index (Phi) is 11.1. The Balaban J connectivity index is 1.62. The van der Waals surface area contributed by atoms with Crippen LogP contribution in [-0.2, 0) is 19.6 Å². The van der Waals surface area contributed by atoms with Crippen molar-refractivity contribution in [2.75, 3.05) is 37.7 Å². The van der Waals surface area contributed by atoms with E-state index in [-0.39, 0.29) is 36.2 Å². The van der Waals surface area contributed by atoms with E-state index >= 15 is 0 Å². The lowest BCUT2D eigenvalue weighted by atomic mass is 10.1. The minimum atomic E-state index is -4.17. The summed E-state index contributed by atoms with van der Waals surface area (Å²) in [7, 11) is -4.17. The van der Waals surface area contributed by atoms with Crippen molar-refractivity contribution in [1.82, 2.24) is 14.6 Å². The smallest absolute Gasteiger partial charge is 0.266 e. The Morgan fingerprint density at radius 1 is 1.34 bits per heavy atom. The van der Waals surface area contributed by atoms with Gasteiger partial charge < -0.3 is 20.8 Å². The second kappa shape index (κ2) is 13.8. The van der Waals surface area contributed by atoms with Gasteiger partial charge in [-0.2, -0.15) is 16.1 Å². The van der Waals surface area contributed by atoms with Crippen molar-refractivity contribution in [1.29, 1.82) is 0 Å². The average Bonchev–Trinajstić information content (AvgIpc) is 3.28. The minimum Gasteiger partial charge on any atom is -0.366 e. The summed E-state index contributed by atoms with van der Waals surface area (Å²) in [4.78, 5) is 27.4. The zero-order chi connectivity index (χ0) is 27.9. The summed E-state index contributed by atoms with van der Waals surface area (Å²) in [6.07, 6.45) is 4.63. The molecular formula is C25H30BrClN4O5S2. The molecule has 2 heterocycles. The lowest BCUT2D eigenvalue weighted by Gasteiger charge is -2.31. The predicted octanol–water partition coefficient (Wildman–Crippen LogP) is 3.91. The van der Waals surface area contributed by atoms with Crippen molar-refractivity contribution in [2.45, 2.75) is 24.8 Å². The number of H-pyrrole nitrogens is 1. The third kappa shape index (κ3) is 7.51. The van der Waals surface area contributed by atoms with Gasteiger partial charge in [0.25, 0.3) is 11.8 Å². The van der Waals surface area contributed by atoms with Crippen LogP contribution in [-0.4, -0.2) is 73.4 Å². The van der Waals surface area contributed by atoms with Crippen LogP contribution in [0.3, 0.4) is 0 Å². The normalized spacial score (nSPS) is 17.8. The maximum Gasteiger partial charge on any atom is 0.266 e. The number of hydrogen-bond acceptors (Lipinski definition) is 6. The third-order valence-electron chi connectivity index (χ3n) is 5.95. The zero-order valence-electron chi connectivity index (χ0n) is 21.0. The molecule has 1 aromatic heterocycles. The average molecular weight is 646 g/mol. The number of nitrogens with one attached hydrogen (secondary N) is 2. The lowest BCUT2D eigenvalue weighted by molar-refractivity contribution is -0.136. The highest BCUT2D eigenvalue weighted by molar-refractivity contribution is 9.10. The quantitative estimate of drug-likeness (QED) is 0.251. The van der Waals surface area contributed by atoms with Gasteiger partial charge in [0, 0.05) is 52.1 Å². The summed E-state index contributed by atoms with van der Waals surface area (Å²) in [6, 6.07) is 5.00. The maximum atomic E-state index is 13.6. The topological polar surface area (TPSA) is 135 Å². The molecule has 0 aliphatic carbocycles. The highest BCUT2D eigenvalue weighted by Crippen LogP contribution is 2.32. The SMILES string of the molecule is CC(/C=C\C=C\Cl)=C(/C)CSCCNC(=O)C1CN(S(=O)(=O)c2c(C(N)=O)[nH]c3ccc(Br)cc23)CCO1. The van der Waals surface area contributed by atoms with Gasteiger partial charge in [-0.15, -0.1) is 0 Å². The number of nitrogens with zero attached hydrogens (tertiary/aromatic N) is 1. The molecule has 1 aliphatic rings. The van der Waals surface area contributed by atoms with Gasteiger partial charge in [-0.3, -0.25) is 9.59 Å². The van der Waals surface area contributed by atoms with E-state index in [1.165, 1.54) is 11.1 Å². The van der Waals surface area contributed by atoms with Crippen LogP contribution >= 0.6 is 39.3 Å². The Morgan fingerprint density at radius 2 is 2.11 bits per heavy atom. The Morgan fingerprint density at radius 3 is 2.82 bits per heavy atom. The van der Waals surface area contributed by atoms with Gasteiger partial charge in [0.1, 0.15) is 16.7 Å². The van der Waals surface area contributed by atoms with Crippen LogP contribution in [0, 0.1) is 0 Å². The number of fused-ring (bicyclic) bond motifs is 1. The molecule has 3 rings (SSSR count). The van der Waals surface area contributed by atoms with Crippen molar-refractivity contribution in [2.24, 2.45) is 5.73 Å². The number of hydrogen-bond donors (Lipinski definition) is 3. The van der Waals surface area contributed by atoms with Gasteiger partial charge in [-0.05, 0) is 32.0 Å². The minimum absolute atomic E-state index is 0.0414. The number of rotatable bonds is 11. The number of benzene rings is 1. The number of halogens is 2. The van der Waals surface area contributed by atoms with Gasteiger partial charge in [0.05, 0.1) is 6.61 Å². The molecule has 206 valence electrons. The van der Waals surface area contributed by atoms with E-state index in [0.29, 0.717) is 27.7 Å². The number of aromatic nitrogens is 1. The molecule has 9 nitrogen and oxygen atoms in total. The monoisotopic (exact) mass is 644 g/mol. The first kappa shape index (κ1) is 30.5. The van der Waals surface area contributed by atoms with E-state index in [0.717, 1.165) is 15.6 Å². The molecule has 1 atom stereocenters. The maximum absolute atomic E-state index is 13.6. The first-order chi connectivity index (χ1) is 18.1. The highest BCUT2D eigenvalue weighted by atomic mass is 79.9. The van der Waals surface area contributed by atoms with Crippen molar-refractivity contribution in [3.8, 4) is 0 Å². The van der Waals surface area contributed by atoms with Crippen molar-refractivity contribution in [3.63, 3.8) is 0 Å². The van der Waals surface area contributed by atoms with Crippen LogP contribution in [0.4, 0.5) is 0 Å². The van der Waals surface area contributed by atoms with Gasteiger partial charge in [-0.25, -0.2) is 8.42 Å².